The second-order valence-electron chi connectivity index (χ2n) is 6.62. The fourth-order valence-corrected chi connectivity index (χ4v) is 5.18. The molecule has 0 aliphatic carbocycles. The third-order valence-electron chi connectivity index (χ3n) is 4.69. The Balaban J connectivity index is 1.34. The lowest BCUT2D eigenvalue weighted by molar-refractivity contribution is 0.0693. The molecule has 4 rings (SSSR count). The van der Waals surface area contributed by atoms with Gasteiger partial charge in [0.2, 0.25) is 10.0 Å². The fraction of sp³-hybridized carbons (Fsp3) is 0.263. The molecule has 3 aromatic rings. The quantitative estimate of drug-likeness (QED) is 0.620. The van der Waals surface area contributed by atoms with Crippen molar-refractivity contribution >= 4 is 32.4 Å². The molecule has 8 nitrogen and oxygen atoms in total. The molecule has 30 heavy (non-hydrogen) atoms. The number of carbonyl (C=O) groups excluding carboxylic acids is 1. The van der Waals surface area contributed by atoms with Gasteiger partial charge in [-0.2, -0.15) is 4.31 Å². The summed E-state index contributed by atoms with van der Waals surface area (Å²) in [5.41, 5.74) is 0.316. The van der Waals surface area contributed by atoms with Gasteiger partial charge in [0, 0.05) is 31.6 Å². The van der Waals surface area contributed by atoms with E-state index in [1.165, 1.54) is 27.8 Å². The number of hydrogen-bond donors (Lipinski definition) is 1. The minimum absolute atomic E-state index is 0.0375. The molecule has 3 heterocycles. The standard InChI is InChI=1S/C19H19FN4O4S2/c20-14-3-5-16(6-4-14)30(26,27)24-9-7-23(8-10-24)18(25)17-13-29-19(22-17)21-12-15-2-1-11-28-15/h1-6,11,13H,7-10,12H2,(H,21,22). The first-order valence-electron chi connectivity index (χ1n) is 9.20. The van der Waals surface area contributed by atoms with E-state index in [4.69, 9.17) is 4.42 Å². The smallest absolute Gasteiger partial charge is 0.273 e. The zero-order valence-corrected chi connectivity index (χ0v) is 17.5. The Hall–Kier alpha value is -2.76. The summed E-state index contributed by atoms with van der Waals surface area (Å²) >= 11 is 1.32. The summed E-state index contributed by atoms with van der Waals surface area (Å²) in [5.74, 6) is 0.0262. The van der Waals surface area contributed by atoms with Crippen LogP contribution in [0.1, 0.15) is 16.2 Å². The van der Waals surface area contributed by atoms with Crippen LogP contribution in [0, 0.1) is 5.82 Å². The highest BCUT2D eigenvalue weighted by molar-refractivity contribution is 7.89. The van der Waals surface area contributed by atoms with Crippen molar-refractivity contribution < 1.29 is 22.0 Å². The maximum Gasteiger partial charge on any atom is 0.273 e. The molecule has 0 bridgehead atoms. The van der Waals surface area contributed by atoms with Crippen LogP contribution in [0.3, 0.4) is 0 Å². The van der Waals surface area contributed by atoms with Crippen LogP contribution in [0.5, 0.6) is 0 Å². The van der Waals surface area contributed by atoms with Crippen molar-refractivity contribution in [1.29, 1.82) is 0 Å². The van der Waals surface area contributed by atoms with E-state index in [2.05, 4.69) is 10.3 Å². The number of amides is 1. The summed E-state index contributed by atoms with van der Waals surface area (Å²) in [5, 5.41) is 5.38. The largest absolute Gasteiger partial charge is 0.467 e. The Bertz CT molecular complexity index is 1110. The van der Waals surface area contributed by atoms with Crippen LogP contribution in [0.2, 0.25) is 0 Å². The zero-order valence-electron chi connectivity index (χ0n) is 15.8. The van der Waals surface area contributed by atoms with Crippen LogP contribution < -0.4 is 5.32 Å². The van der Waals surface area contributed by atoms with Crippen LogP contribution in [0.4, 0.5) is 9.52 Å². The van der Waals surface area contributed by atoms with E-state index in [-0.39, 0.29) is 37.0 Å². The van der Waals surface area contributed by atoms with Gasteiger partial charge < -0.3 is 14.6 Å². The summed E-state index contributed by atoms with van der Waals surface area (Å²) in [7, 11) is -3.72. The maximum absolute atomic E-state index is 13.1. The number of aromatic nitrogens is 1. The highest BCUT2D eigenvalue weighted by atomic mass is 32.2. The van der Waals surface area contributed by atoms with Crippen molar-refractivity contribution in [2.45, 2.75) is 11.4 Å². The Kier molecular flexibility index (Phi) is 5.84. The number of nitrogens with one attached hydrogen (secondary N) is 1. The molecular weight excluding hydrogens is 431 g/mol. The van der Waals surface area contributed by atoms with Gasteiger partial charge in [0.1, 0.15) is 17.3 Å². The lowest BCUT2D eigenvalue weighted by Gasteiger charge is -2.33. The Labute approximate surface area is 177 Å². The van der Waals surface area contributed by atoms with Crippen molar-refractivity contribution in [2.24, 2.45) is 0 Å². The molecule has 11 heteroatoms. The maximum atomic E-state index is 13.1. The van der Waals surface area contributed by atoms with E-state index < -0.39 is 15.8 Å². The fourth-order valence-electron chi connectivity index (χ4n) is 3.08. The molecule has 1 aliphatic rings. The first-order valence-corrected chi connectivity index (χ1v) is 11.5. The zero-order chi connectivity index (χ0) is 21.1. The Morgan fingerprint density at radius 3 is 2.57 bits per heavy atom. The van der Waals surface area contributed by atoms with Crippen LogP contribution in [0.25, 0.3) is 0 Å². The molecule has 0 saturated carbocycles. The summed E-state index contributed by atoms with van der Waals surface area (Å²) in [6.07, 6.45) is 1.59. The molecule has 0 spiro atoms. The average molecular weight is 451 g/mol. The van der Waals surface area contributed by atoms with E-state index in [0.717, 1.165) is 17.9 Å². The number of benzene rings is 1. The molecule has 2 aromatic heterocycles. The SMILES string of the molecule is O=C(c1csc(NCc2ccco2)n1)N1CCN(S(=O)(=O)c2ccc(F)cc2)CC1. The topological polar surface area (TPSA) is 95.8 Å². The molecule has 158 valence electrons. The molecule has 1 aromatic carbocycles. The van der Waals surface area contributed by atoms with Gasteiger partial charge in [-0.3, -0.25) is 4.79 Å². The third-order valence-corrected chi connectivity index (χ3v) is 7.41. The highest BCUT2D eigenvalue weighted by Gasteiger charge is 2.31. The summed E-state index contributed by atoms with van der Waals surface area (Å²) < 4.78 is 45.0. The molecule has 1 amide bonds. The predicted molar refractivity (Wildman–Crippen MR) is 109 cm³/mol. The van der Waals surface area contributed by atoms with Gasteiger partial charge in [-0.15, -0.1) is 11.3 Å². The van der Waals surface area contributed by atoms with Crippen molar-refractivity contribution in [3.8, 4) is 0 Å². The molecule has 1 saturated heterocycles. The van der Waals surface area contributed by atoms with Crippen molar-refractivity contribution in [1.82, 2.24) is 14.2 Å². The van der Waals surface area contributed by atoms with Gasteiger partial charge in [-0.05, 0) is 36.4 Å². The average Bonchev–Trinajstić information content (AvgIpc) is 3.44. The van der Waals surface area contributed by atoms with Gasteiger partial charge in [-0.25, -0.2) is 17.8 Å². The molecule has 0 atom stereocenters. The van der Waals surface area contributed by atoms with Gasteiger partial charge in [0.05, 0.1) is 17.7 Å². The number of rotatable bonds is 6. The van der Waals surface area contributed by atoms with Gasteiger partial charge >= 0.3 is 0 Å². The van der Waals surface area contributed by atoms with Crippen LogP contribution in [-0.4, -0.2) is 54.7 Å². The molecule has 1 N–H and O–H groups in total. The normalized spacial score (nSPS) is 15.3. The number of thiazole rings is 1. The van der Waals surface area contributed by atoms with Gasteiger partial charge in [0.15, 0.2) is 5.13 Å². The number of sulfonamides is 1. The summed E-state index contributed by atoms with van der Waals surface area (Å²) in [6, 6.07) is 8.36. The first kappa shape index (κ1) is 20.5. The lowest BCUT2D eigenvalue weighted by atomic mass is 10.3. The van der Waals surface area contributed by atoms with Gasteiger partial charge in [-0.1, -0.05) is 0 Å². The number of nitrogens with zero attached hydrogens (tertiary/aromatic N) is 3. The van der Waals surface area contributed by atoms with Crippen molar-refractivity contribution in [3.63, 3.8) is 0 Å². The van der Waals surface area contributed by atoms with Crippen molar-refractivity contribution in [3.05, 3.63) is 65.3 Å². The lowest BCUT2D eigenvalue weighted by Crippen LogP contribution is -2.50. The molecule has 1 fully saturated rings. The highest BCUT2D eigenvalue weighted by Crippen LogP contribution is 2.21. The number of furan rings is 1. The monoisotopic (exact) mass is 450 g/mol. The van der Waals surface area contributed by atoms with Gasteiger partial charge in [0.25, 0.3) is 5.91 Å². The minimum Gasteiger partial charge on any atom is -0.467 e. The Morgan fingerprint density at radius 1 is 1.17 bits per heavy atom. The number of hydrogen-bond acceptors (Lipinski definition) is 7. The van der Waals surface area contributed by atoms with E-state index in [9.17, 15) is 17.6 Å². The van der Waals surface area contributed by atoms with Crippen LogP contribution >= 0.6 is 11.3 Å². The summed E-state index contributed by atoms with van der Waals surface area (Å²) in [4.78, 5) is 18.7. The molecule has 1 aliphatic heterocycles. The minimum atomic E-state index is -3.72. The first-order chi connectivity index (χ1) is 14.4. The van der Waals surface area contributed by atoms with E-state index in [1.807, 2.05) is 6.07 Å². The second kappa shape index (κ2) is 8.54. The molecular formula is C19H19FN4O4S2. The number of piperazine rings is 1. The second-order valence-corrected chi connectivity index (χ2v) is 9.42. The van der Waals surface area contributed by atoms with Crippen LogP contribution in [-0.2, 0) is 16.6 Å². The predicted octanol–water partition coefficient (Wildman–Crippen LogP) is 2.63. The van der Waals surface area contributed by atoms with Crippen LogP contribution in [0.15, 0.2) is 57.4 Å². The number of anilines is 1. The molecule has 0 unspecified atom stereocenters. The number of carbonyl (C=O) groups is 1. The third kappa shape index (κ3) is 4.37. The van der Waals surface area contributed by atoms with E-state index in [0.29, 0.717) is 17.4 Å². The summed E-state index contributed by atoms with van der Waals surface area (Å²) in [6.45, 7) is 1.31. The van der Waals surface area contributed by atoms with E-state index >= 15 is 0 Å². The Morgan fingerprint density at radius 2 is 1.90 bits per heavy atom. The van der Waals surface area contributed by atoms with Crippen molar-refractivity contribution in [2.75, 3.05) is 31.5 Å². The van der Waals surface area contributed by atoms with E-state index in [1.54, 1.807) is 22.6 Å². The number of halogens is 1. The molecule has 0 radical (unpaired) electrons.